The van der Waals surface area contributed by atoms with Crippen LogP contribution in [0.1, 0.15) is 119 Å². The molecule has 0 heterocycles. The highest BCUT2D eigenvalue weighted by Gasteiger charge is 2.67. The van der Waals surface area contributed by atoms with Crippen LogP contribution < -0.4 is 10.6 Å². The van der Waals surface area contributed by atoms with E-state index in [9.17, 15) is 9.59 Å². The number of hydrogen-bond acceptors (Lipinski definition) is 2. The van der Waals surface area contributed by atoms with Crippen LogP contribution in [0.5, 0.6) is 0 Å². The van der Waals surface area contributed by atoms with Gasteiger partial charge in [0, 0.05) is 11.4 Å². The van der Waals surface area contributed by atoms with E-state index in [1.54, 1.807) is 0 Å². The lowest BCUT2D eigenvalue weighted by Gasteiger charge is -2.68. The summed E-state index contributed by atoms with van der Waals surface area (Å²) < 4.78 is 0. The fraction of sp³-hybridized carbons (Fsp3) is 0.765. The van der Waals surface area contributed by atoms with E-state index in [2.05, 4.69) is 52.2 Å². The van der Waals surface area contributed by atoms with Crippen LogP contribution in [0.2, 0.25) is 0 Å². The molecule has 2 amide bonds. The van der Waals surface area contributed by atoms with Crippen molar-refractivity contribution >= 4 is 23.2 Å². The number of anilines is 2. The highest BCUT2D eigenvalue weighted by atomic mass is 16.2. The number of nitrogens with one attached hydrogen (secondary N) is 2. The first-order chi connectivity index (χ1) is 17.5. The van der Waals surface area contributed by atoms with Crippen LogP contribution in [0.3, 0.4) is 0 Å². The Balaban J connectivity index is 1.06. The van der Waals surface area contributed by atoms with Crippen molar-refractivity contribution in [2.45, 2.75) is 119 Å². The van der Waals surface area contributed by atoms with Gasteiger partial charge in [-0.1, -0.05) is 41.5 Å². The van der Waals surface area contributed by atoms with E-state index in [1.807, 2.05) is 24.3 Å². The topological polar surface area (TPSA) is 58.2 Å². The van der Waals surface area contributed by atoms with Crippen molar-refractivity contribution in [2.24, 2.45) is 43.3 Å². The summed E-state index contributed by atoms with van der Waals surface area (Å²) in [7, 11) is 0. The van der Waals surface area contributed by atoms with E-state index in [4.69, 9.17) is 0 Å². The molecule has 8 fully saturated rings. The van der Waals surface area contributed by atoms with Crippen LogP contribution in [0.25, 0.3) is 0 Å². The zero-order chi connectivity index (χ0) is 27.0. The molecule has 2 N–H and O–H groups in total. The lowest BCUT2D eigenvalue weighted by atomic mass is 9.36. The first-order valence-electron chi connectivity index (χ1n) is 15.2. The van der Waals surface area contributed by atoms with Gasteiger partial charge in [-0.05, 0) is 134 Å². The third-order valence-electron chi connectivity index (χ3n) is 12.1. The molecule has 0 spiro atoms. The Kier molecular flexibility index (Phi) is 4.68. The van der Waals surface area contributed by atoms with Gasteiger partial charge in [-0.2, -0.15) is 0 Å². The van der Waals surface area contributed by atoms with Gasteiger partial charge in [0.15, 0.2) is 0 Å². The quantitative estimate of drug-likeness (QED) is 0.422. The van der Waals surface area contributed by atoms with Gasteiger partial charge in [0.1, 0.15) is 0 Å². The van der Waals surface area contributed by atoms with Crippen LogP contribution in [-0.4, -0.2) is 11.8 Å². The minimum atomic E-state index is -0.249. The molecule has 8 aliphatic rings. The predicted molar refractivity (Wildman–Crippen MR) is 153 cm³/mol. The highest BCUT2D eigenvalue weighted by Crippen LogP contribution is 2.75. The average molecular weight is 517 g/mol. The molecule has 0 radical (unpaired) electrons. The minimum absolute atomic E-state index is 0.209. The number of hydrogen-bond donors (Lipinski definition) is 2. The first-order valence-corrected chi connectivity index (χ1v) is 15.2. The second-order valence-electron chi connectivity index (χ2n) is 18.0. The molecule has 0 saturated heterocycles. The number of carbonyl (C=O) groups excluding carboxylic acids is 2. The number of benzene rings is 1. The van der Waals surface area contributed by atoms with Crippen LogP contribution in [-0.2, 0) is 9.59 Å². The van der Waals surface area contributed by atoms with Crippen molar-refractivity contribution in [3.63, 3.8) is 0 Å². The van der Waals surface area contributed by atoms with Gasteiger partial charge < -0.3 is 10.6 Å². The Morgan fingerprint density at radius 3 is 0.868 bits per heavy atom. The lowest BCUT2D eigenvalue weighted by molar-refractivity contribution is -0.188. The largest absolute Gasteiger partial charge is 0.326 e. The summed E-state index contributed by atoms with van der Waals surface area (Å²) in [6, 6.07) is 7.90. The SMILES string of the molecule is CC12CC3(C)CC(C)(C1)CC(C(=O)Nc1ccc(NC(=O)C45CC6(C)CC(C)(CC(C)(C6)C4)C5)cc1)(C2)C3. The van der Waals surface area contributed by atoms with Crippen LogP contribution in [0.15, 0.2) is 24.3 Å². The zero-order valence-corrected chi connectivity index (χ0v) is 24.6. The summed E-state index contributed by atoms with van der Waals surface area (Å²) in [5, 5.41) is 6.61. The molecule has 8 saturated carbocycles. The summed E-state index contributed by atoms with van der Waals surface area (Å²) in [5.41, 5.74) is 2.88. The second kappa shape index (κ2) is 7.07. The van der Waals surface area contributed by atoms with Gasteiger partial charge in [-0.25, -0.2) is 0 Å². The second-order valence-corrected chi connectivity index (χ2v) is 18.0. The summed E-state index contributed by atoms with van der Waals surface area (Å²) in [6.45, 7) is 14.5. The zero-order valence-electron chi connectivity index (χ0n) is 24.6. The monoisotopic (exact) mass is 516 g/mol. The van der Waals surface area contributed by atoms with Gasteiger partial charge in [0.2, 0.25) is 11.8 Å². The molecule has 1 aromatic carbocycles. The Morgan fingerprint density at radius 2 is 0.658 bits per heavy atom. The molecule has 0 atom stereocenters. The molecule has 8 bridgehead atoms. The summed E-state index contributed by atoms with van der Waals surface area (Å²) >= 11 is 0. The molecule has 0 aliphatic heterocycles. The van der Waals surface area contributed by atoms with Gasteiger partial charge >= 0.3 is 0 Å². The molecule has 1 aromatic rings. The van der Waals surface area contributed by atoms with E-state index in [0.717, 1.165) is 49.9 Å². The first kappa shape index (κ1) is 25.1. The Hall–Kier alpha value is -1.84. The summed E-state index contributed by atoms with van der Waals surface area (Å²) in [6.07, 6.45) is 13.7. The Morgan fingerprint density at radius 1 is 0.447 bits per heavy atom. The van der Waals surface area contributed by atoms with E-state index in [0.29, 0.717) is 0 Å². The average Bonchev–Trinajstić information content (AvgIpc) is 2.68. The number of rotatable bonds is 4. The van der Waals surface area contributed by atoms with Crippen LogP contribution in [0, 0.1) is 43.3 Å². The van der Waals surface area contributed by atoms with Crippen molar-refractivity contribution in [2.75, 3.05) is 10.6 Å². The fourth-order valence-electron chi connectivity index (χ4n) is 14.2. The van der Waals surface area contributed by atoms with Gasteiger partial charge in [0.05, 0.1) is 10.8 Å². The third-order valence-corrected chi connectivity index (χ3v) is 12.1. The predicted octanol–water partition coefficient (Wildman–Crippen LogP) is 8.34. The van der Waals surface area contributed by atoms with Crippen molar-refractivity contribution < 1.29 is 9.59 Å². The van der Waals surface area contributed by atoms with Crippen molar-refractivity contribution in [1.29, 1.82) is 0 Å². The minimum Gasteiger partial charge on any atom is -0.326 e. The normalized spacial score (nSPS) is 51.7. The van der Waals surface area contributed by atoms with Gasteiger partial charge in [-0.15, -0.1) is 0 Å². The molecule has 4 nitrogen and oxygen atoms in total. The molecule has 9 rings (SSSR count). The van der Waals surface area contributed by atoms with E-state index in [-0.39, 0.29) is 55.1 Å². The van der Waals surface area contributed by atoms with Gasteiger partial charge in [-0.3, -0.25) is 9.59 Å². The standard InChI is InChI=1S/C34H48N2O2/c1-27-11-28(2)13-29(3,12-27)19-33(17-27,18-28)25(37)35-23-7-9-24(10-8-23)36-26(38)34-20-30(4)14-31(5,21-34)16-32(6,15-30)22-34/h7-10H,11-22H2,1-6H3,(H,35,37)(H,36,38). The van der Waals surface area contributed by atoms with E-state index in [1.165, 1.54) is 38.5 Å². The smallest absolute Gasteiger partial charge is 0.230 e. The Labute approximate surface area is 229 Å². The number of amides is 2. The summed E-state index contributed by atoms with van der Waals surface area (Å²) in [4.78, 5) is 27.6. The van der Waals surface area contributed by atoms with Crippen LogP contribution >= 0.6 is 0 Å². The van der Waals surface area contributed by atoms with Gasteiger partial charge in [0.25, 0.3) is 0 Å². The maximum atomic E-state index is 13.8. The molecule has 0 unspecified atom stereocenters. The number of carbonyl (C=O) groups is 2. The van der Waals surface area contributed by atoms with E-state index < -0.39 is 0 Å². The van der Waals surface area contributed by atoms with E-state index >= 15 is 0 Å². The van der Waals surface area contributed by atoms with Crippen molar-refractivity contribution in [3.05, 3.63) is 24.3 Å². The Bertz CT molecular complexity index is 1030. The molecule has 8 aliphatic carbocycles. The maximum absolute atomic E-state index is 13.8. The summed E-state index contributed by atoms with van der Waals surface area (Å²) in [5.74, 6) is 0.417. The molecule has 0 aromatic heterocycles. The third kappa shape index (κ3) is 3.74. The highest BCUT2D eigenvalue weighted by molar-refractivity contribution is 5.98. The maximum Gasteiger partial charge on any atom is 0.230 e. The molecule has 38 heavy (non-hydrogen) atoms. The van der Waals surface area contributed by atoms with Crippen molar-refractivity contribution in [1.82, 2.24) is 0 Å². The molecular formula is C34H48N2O2. The lowest BCUT2D eigenvalue weighted by Crippen LogP contribution is -2.62. The molecule has 4 heteroatoms. The molecule has 206 valence electrons. The van der Waals surface area contributed by atoms with Crippen LogP contribution in [0.4, 0.5) is 11.4 Å². The van der Waals surface area contributed by atoms with Crippen molar-refractivity contribution in [3.8, 4) is 0 Å². The molecular weight excluding hydrogens is 468 g/mol. The fourth-order valence-corrected chi connectivity index (χ4v) is 14.2.